The first-order valence-corrected chi connectivity index (χ1v) is 6.86. The van der Waals surface area contributed by atoms with E-state index in [2.05, 4.69) is 0 Å². The summed E-state index contributed by atoms with van der Waals surface area (Å²) in [5, 5.41) is 11.1. The van der Waals surface area contributed by atoms with Crippen molar-refractivity contribution in [3.05, 3.63) is 71.8 Å². The Morgan fingerprint density at radius 3 is 2.19 bits per heavy atom. The number of ether oxygens (including phenoxy) is 1. The van der Waals surface area contributed by atoms with Crippen molar-refractivity contribution in [2.45, 2.75) is 13.2 Å². The summed E-state index contributed by atoms with van der Waals surface area (Å²) in [5.74, 6) is 0.825. The van der Waals surface area contributed by atoms with Crippen molar-refractivity contribution in [3.8, 4) is 5.75 Å². The Morgan fingerprint density at radius 1 is 0.810 bits per heavy atom. The maximum atomic E-state index is 9.04. The van der Waals surface area contributed by atoms with Crippen LogP contribution < -0.4 is 10.5 Å². The molecule has 0 saturated carbocycles. The first kappa shape index (κ1) is 13.5. The number of aliphatic hydroxyl groups is 1. The van der Waals surface area contributed by atoms with Crippen molar-refractivity contribution in [2.24, 2.45) is 0 Å². The average molecular weight is 279 g/mol. The van der Waals surface area contributed by atoms with Crippen LogP contribution in [0.25, 0.3) is 10.8 Å². The second-order valence-corrected chi connectivity index (χ2v) is 4.96. The van der Waals surface area contributed by atoms with Crippen molar-refractivity contribution in [3.63, 3.8) is 0 Å². The van der Waals surface area contributed by atoms with Gasteiger partial charge in [0.2, 0.25) is 0 Å². The summed E-state index contributed by atoms with van der Waals surface area (Å²) >= 11 is 0. The maximum absolute atomic E-state index is 9.04. The van der Waals surface area contributed by atoms with Crippen LogP contribution in [0.2, 0.25) is 0 Å². The molecule has 0 aliphatic rings. The van der Waals surface area contributed by atoms with E-state index in [0.717, 1.165) is 33.3 Å². The summed E-state index contributed by atoms with van der Waals surface area (Å²) in [6.07, 6.45) is 0. The van der Waals surface area contributed by atoms with Crippen LogP contribution >= 0.6 is 0 Å². The first-order valence-electron chi connectivity index (χ1n) is 6.86. The van der Waals surface area contributed by atoms with Crippen molar-refractivity contribution in [1.29, 1.82) is 0 Å². The van der Waals surface area contributed by atoms with E-state index in [-0.39, 0.29) is 6.61 Å². The molecule has 0 aromatic heterocycles. The lowest BCUT2D eigenvalue weighted by Gasteiger charge is -2.11. The number of nitrogen functional groups attached to an aromatic ring is 1. The minimum absolute atomic E-state index is 0.0593. The fraction of sp³-hybridized carbons (Fsp3) is 0.111. The monoisotopic (exact) mass is 279 g/mol. The summed E-state index contributed by atoms with van der Waals surface area (Å²) in [7, 11) is 0. The van der Waals surface area contributed by atoms with E-state index in [0.29, 0.717) is 6.61 Å². The smallest absolute Gasteiger partial charge is 0.127 e. The lowest BCUT2D eigenvalue weighted by molar-refractivity contribution is 0.281. The van der Waals surface area contributed by atoms with Crippen molar-refractivity contribution >= 4 is 16.5 Å². The molecule has 0 atom stereocenters. The van der Waals surface area contributed by atoms with Crippen molar-refractivity contribution in [1.82, 2.24) is 0 Å². The molecule has 0 amide bonds. The number of fused-ring (bicyclic) bond motifs is 1. The normalized spacial score (nSPS) is 10.7. The first-order chi connectivity index (χ1) is 10.3. The van der Waals surface area contributed by atoms with Crippen LogP contribution in [-0.4, -0.2) is 5.11 Å². The number of nitrogens with two attached hydrogens (primary N) is 1. The Balaban J connectivity index is 1.83. The van der Waals surface area contributed by atoms with Gasteiger partial charge in [-0.05, 0) is 23.3 Å². The zero-order chi connectivity index (χ0) is 14.7. The SMILES string of the molecule is Nc1ccc(OCc2ccc(CO)cc2)c2ccccc12. The van der Waals surface area contributed by atoms with Crippen LogP contribution in [0.4, 0.5) is 5.69 Å². The minimum Gasteiger partial charge on any atom is -0.488 e. The molecule has 0 heterocycles. The Bertz CT molecular complexity index is 751. The minimum atomic E-state index is 0.0593. The quantitative estimate of drug-likeness (QED) is 0.719. The molecule has 3 aromatic rings. The van der Waals surface area contributed by atoms with Gasteiger partial charge in [0.05, 0.1) is 6.61 Å². The number of hydrogen-bond acceptors (Lipinski definition) is 3. The predicted octanol–water partition coefficient (Wildman–Crippen LogP) is 3.49. The summed E-state index contributed by atoms with van der Waals surface area (Å²) < 4.78 is 5.92. The van der Waals surface area contributed by atoms with E-state index < -0.39 is 0 Å². The highest BCUT2D eigenvalue weighted by molar-refractivity contribution is 5.96. The molecule has 0 spiro atoms. The van der Waals surface area contributed by atoms with Crippen LogP contribution in [0.5, 0.6) is 5.75 Å². The predicted molar refractivity (Wildman–Crippen MR) is 85.1 cm³/mol. The molecule has 0 aliphatic heterocycles. The van der Waals surface area contributed by atoms with Crippen molar-refractivity contribution < 1.29 is 9.84 Å². The summed E-state index contributed by atoms with van der Waals surface area (Å²) in [5.41, 5.74) is 8.70. The molecular weight excluding hydrogens is 262 g/mol. The summed E-state index contributed by atoms with van der Waals surface area (Å²) in [4.78, 5) is 0. The average Bonchev–Trinajstić information content (AvgIpc) is 2.55. The van der Waals surface area contributed by atoms with Gasteiger partial charge >= 0.3 is 0 Å². The molecule has 0 fully saturated rings. The Kier molecular flexibility index (Phi) is 3.75. The number of anilines is 1. The van der Waals surface area contributed by atoms with Gasteiger partial charge in [0.25, 0.3) is 0 Å². The highest BCUT2D eigenvalue weighted by atomic mass is 16.5. The highest BCUT2D eigenvalue weighted by Crippen LogP contribution is 2.30. The van der Waals surface area contributed by atoms with Crippen LogP contribution in [0.15, 0.2) is 60.7 Å². The van der Waals surface area contributed by atoms with Gasteiger partial charge in [0.15, 0.2) is 0 Å². The molecule has 0 bridgehead atoms. The van der Waals surface area contributed by atoms with Gasteiger partial charge in [0.1, 0.15) is 12.4 Å². The third kappa shape index (κ3) is 2.83. The van der Waals surface area contributed by atoms with Gasteiger partial charge in [-0.15, -0.1) is 0 Å². The molecule has 3 rings (SSSR count). The van der Waals surface area contributed by atoms with Crippen LogP contribution in [0.3, 0.4) is 0 Å². The number of rotatable bonds is 4. The molecule has 0 unspecified atom stereocenters. The summed E-state index contributed by atoms with van der Waals surface area (Å²) in [6.45, 7) is 0.545. The fourth-order valence-corrected chi connectivity index (χ4v) is 2.32. The van der Waals surface area contributed by atoms with Crippen LogP contribution in [0, 0.1) is 0 Å². The third-order valence-corrected chi connectivity index (χ3v) is 3.52. The number of benzene rings is 3. The fourth-order valence-electron chi connectivity index (χ4n) is 2.32. The highest BCUT2D eigenvalue weighted by Gasteiger charge is 2.05. The van der Waals surface area contributed by atoms with Crippen LogP contribution in [-0.2, 0) is 13.2 Å². The van der Waals surface area contributed by atoms with Gasteiger partial charge in [0, 0.05) is 16.5 Å². The molecule has 106 valence electrons. The standard InChI is InChI=1S/C18H17NO2/c19-17-9-10-18(16-4-2-1-3-15(16)17)21-12-14-7-5-13(11-20)6-8-14/h1-10,20H,11-12,19H2. The van der Waals surface area contributed by atoms with Gasteiger partial charge in [-0.2, -0.15) is 0 Å². The van der Waals surface area contributed by atoms with E-state index >= 15 is 0 Å². The number of hydrogen-bond donors (Lipinski definition) is 2. The lowest BCUT2D eigenvalue weighted by atomic mass is 10.1. The zero-order valence-corrected chi connectivity index (χ0v) is 11.6. The third-order valence-electron chi connectivity index (χ3n) is 3.52. The summed E-state index contributed by atoms with van der Waals surface area (Å²) in [6, 6.07) is 19.5. The molecule has 0 saturated heterocycles. The van der Waals surface area contributed by atoms with Gasteiger partial charge in [-0.1, -0.05) is 48.5 Å². The second kappa shape index (κ2) is 5.85. The molecule has 3 heteroatoms. The van der Waals surface area contributed by atoms with E-state index in [1.54, 1.807) is 0 Å². The molecule has 0 radical (unpaired) electrons. The molecule has 3 nitrogen and oxygen atoms in total. The van der Waals surface area contributed by atoms with E-state index in [1.807, 2.05) is 60.7 Å². The molecule has 3 N–H and O–H groups in total. The largest absolute Gasteiger partial charge is 0.488 e. The maximum Gasteiger partial charge on any atom is 0.127 e. The second-order valence-electron chi connectivity index (χ2n) is 4.96. The topological polar surface area (TPSA) is 55.5 Å². The Labute approximate surface area is 123 Å². The number of aliphatic hydroxyl groups excluding tert-OH is 1. The van der Waals surface area contributed by atoms with Gasteiger partial charge in [-0.25, -0.2) is 0 Å². The Morgan fingerprint density at radius 2 is 1.48 bits per heavy atom. The molecule has 0 aliphatic carbocycles. The van der Waals surface area contributed by atoms with Gasteiger partial charge < -0.3 is 15.6 Å². The Hall–Kier alpha value is -2.52. The van der Waals surface area contributed by atoms with E-state index in [4.69, 9.17) is 15.6 Å². The van der Waals surface area contributed by atoms with Crippen molar-refractivity contribution in [2.75, 3.05) is 5.73 Å². The van der Waals surface area contributed by atoms with E-state index in [9.17, 15) is 0 Å². The lowest BCUT2D eigenvalue weighted by Crippen LogP contribution is -1.97. The van der Waals surface area contributed by atoms with E-state index in [1.165, 1.54) is 0 Å². The zero-order valence-electron chi connectivity index (χ0n) is 11.6. The van der Waals surface area contributed by atoms with Crippen LogP contribution in [0.1, 0.15) is 11.1 Å². The molecular formula is C18H17NO2. The molecule has 3 aromatic carbocycles. The van der Waals surface area contributed by atoms with Gasteiger partial charge in [-0.3, -0.25) is 0 Å². The molecule has 21 heavy (non-hydrogen) atoms.